The third kappa shape index (κ3) is 2.99. The van der Waals surface area contributed by atoms with Crippen LogP contribution >= 0.6 is 0 Å². The van der Waals surface area contributed by atoms with E-state index in [4.69, 9.17) is 9.15 Å². The van der Waals surface area contributed by atoms with Gasteiger partial charge in [0.15, 0.2) is 11.5 Å². The first kappa shape index (κ1) is 17.1. The van der Waals surface area contributed by atoms with Crippen molar-refractivity contribution in [3.63, 3.8) is 0 Å². The molecule has 4 rings (SSSR count). The van der Waals surface area contributed by atoms with Crippen molar-refractivity contribution in [2.45, 2.75) is 52.2 Å². The van der Waals surface area contributed by atoms with Crippen LogP contribution in [-0.4, -0.2) is 18.7 Å². The van der Waals surface area contributed by atoms with E-state index in [-0.39, 0.29) is 5.60 Å². The first-order valence-corrected chi connectivity index (χ1v) is 9.42. The number of rotatable bonds is 2. The van der Waals surface area contributed by atoms with Crippen molar-refractivity contribution >= 4 is 5.82 Å². The van der Waals surface area contributed by atoms with Crippen LogP contribution in [0.15, 0.2) is 22.8 Å². The Morgan fingerprint density at radius 2 is 2.04 bits per heavy atom. The number of nitrogens with zero attached hydrogens (tertiary/aromatic N) is 2. The van der Waals surface area contributed by atoms with Gasteiger partial charge in [0.05, 0.1) is 31.6 Å². The average Bonchev–Trinajstić information content (AvgIpc) is 3.14. The molecule has 5 heteroatoms. The molecular formula is C21H26N3O2+. The van der Waals surface area contributed by atoms with Crippen molar-refractivity contribution < 1.29 is 14.1 Å². The molecule has 0 bridgehead atoms. The van der Waals surface area contributed by atoms with Crippen LogP contribution in [0.4, 0.5) is 5.82 Å². The maximum Gasteiger partial charge on any atom is 0.293 e. The Hall–Kier alpha value is -2.32. The monoisotopic (exact) mass is 352 g/mol. The largest absolute Gasteiger partial charge is 0.461 e. The third-order valence-electron chi connectivity index (χ3n) is 5.64. The van der Waals surface area contributed by atoms with E-state index in [1.165, 1.54) is 0 Å². The smallest absolute Gasteiger partial charge is 0.293 e. The van der Waals surface area contributed by atoms with Gasteiger partial charge in [-0.25, -0.2) is 4.98 Å². The predicted molar refractivity (Wildman–Crippen MR) is 98.6 cm³/mol. The van der Waals surface area contributed by atoms with E-state index in [9.17, 15) is 5.26 Å². The van der Waals surface area contributed by atoms with Crippen molar-refractivity contribution in [2.24, 2.45) is 5.92 Å². The Kier molecular flexibility index (Phi) is 4.24. The predicted octanol–water partition coefficient (Wildman–Crippen LogP) is 3.72. The quantitative estimate of drug-likeness (QED) is 0.826. The Balaban J connectivity index is 1.89. The molecule has 26 heavy (non-hydrogen) atoms. The number of pyridine rings is 1. The molecule has 5 nitrogen and oxygen atoms in total. The lowest BCUT2D eigenvalue weighted by Crippen LogP contribution is -2.40. The molecule has 0 unspecified atom stereocenters. The molecule has 4 heterocycles. The summed E-state index contributed by atoms with van der Waals surface area (Å²) in [5.41, 5.74) is 3.58. The molecular weight excluding hydrogens is 326 g/mol. The number of aromatic amines is 1. The summed E-state index contributed by atoms with van der Waals surface area (Å²) in [5, 5.41) is 9.99. The second kappa shape index (κ2) is 6.44. The molecule has 2 aromatic rings. The first-order chi connectivity index (χ1) is 12.5. The Morgan fingerprint density at radius 1 is 1.27 bits per heavy atom. The molecule has 136 valence electrons. The Morgan fingerprint density at radius 3 is 2.69 bits per heavy atom. The number of furan rings is 1. The normalized spacial score (nSPS) is 19.8. The number of hydrogen-bond donors (Lipinski definition) is 0. The van der Waals surface area contributed by atoms with Gasteiger partial charge in [-0.3, -0.25) is 4.90 Å². The zero-order valence-corrected chi connectivity index (χ0v) is 15.8. The molecule has 0 aliphatic carbocycles. The lowest BCUT2D eigenvalue weighted by atomic mass is 9.87. The van der Waals surface area contributed by atoms with Gasteiger partial charge in [-0.05, 0) is 50.3 Å². The second-order valence-corrected chi connectivity index (χ2v) is 8.16. The molecule has 0 amide bonds. The summed E-state index contributed by atoms with van der Waals surface area (Å²) >= 11 is 0. The number of H-pyrrole nitrogens is 1. The summed E-state index contributed by atoms with van der Waals surface area (Å²) in [6.07, 6.45) is 4.72. The van der Waals surface area contributed by atoms with Gasteiger partial charge in [-0.2, -0.15) is 5.26 Å². The number of nitrogens with one attached hydrogen (secondary N) is 1. The highest BCUT2D eigenvalue weighted by Gasteiger charge is 2.37. The zero-order chi connectivity index (χ0) is 18.3. The fourth-order valence-corrected chi connectivity index (χ4v) is 4.02. The molecule has 0 radical (unpaired) electrons. The maximum atomic E-state index is 9.99. The number of nitriles is 1. The number of fused-ring (bicyclic) bond motifs is 1. The van der Waals surface area contributed by atoms with Gasteiger partial charge in [-0.1, -0.05) is 6.92 Å². The van der Waals surface area contributed by atoms with Gasteiger partial charge in [0.1, 0.15) is 11.6 Å². The third-order valence-corrected chi connectivity index (χ3v) is 5.64. The summed E-state index contributed by atoms with van der Waals surface area (Å²) in [6.45, 7) is 8.91. The molecule has 1 fully saturated rings. The minimum atomic E-state index is -0.270. The fraction of sp³-hybridized carbons (Fsp3) is 0.524. The van der Waals surface area contributed by atoms with Crippen LogP contribution in [0, 0.1) is 17.2 Å². The van der Waals surface area contributed by atoms with Crippen LogP contribution in [-0.2, 0) is 17.8 Å². The van der Waals surface area contributed by atoms with Gasteiger partial charge in [-0.15, -0.1) is 0 Å². The summed E-state index contributed by atoms with van der Waals surface area (Å²) in [5.74, 6) is 2.47. The molecule has 0 saturated carbocycles. The van der Waals surface area contributed by atoms with Crippen LogP contribution < -0.4 is 9.88 Å². The lowest BCUT2D eigenvalue weighted by molar-refractivity contribution is -0.353. The topological polar surface area (TPSA) is 63.5 Å². The molecule has 0 spiro atoms. The van der Waals surface area contributed by atoms with E-state index in [2.05, 4.69) is 36.7 Å². The minimum Gasteiger partial charge on any atom is -0.461 e. The summed E-state index contributed by atoms with van der Waals surface area (Å²) < 4.78 is 11.7. The van der Waals surface area contributed by atoms with Crippen molar-refractivity contribution in [3.05, 3.63) is 35.1 Å². The molecule has 2 aliphatic heterocycles. The summed E-state index contributed by atoms with van der Waals surface area (Å²) in [4.78, 5) is 5.86. The fourth-order valence-electron chi connectivity index (χ4n) is 4.02. The van der Waals surface area contributed by atoms with E-state index in [0.29, 0.717) is 6.61 Å². The van der Waals surface area contributed by atoms with Gasteiger partial charge in [0, 0.05) is 12.0 Å². The van der Waals surface area contributed by atoms with Crippen LogP contribution in [0.3, 0.4) is 0 Å². The SMILES string of the molecule is CC1CCN(c2[nH+]c(-c3ccco3)c3c(c2C#N)CC(C)(C)OC3)CC1. The van der Waals surface area contributed by atoms with E-state index in [1.807, 2.05) is 12.1 Å². The van der Waals surface area contributed by atoms with Gasteiger partial charge in [0.25, 0.3) is 5.82 Å². The maximum absolute atomic E-state index is 9.99. The first-order valence-electron chi connectivity index (χ1n) is 9.42. The summed E-state index contributed by atoms with van der Waals surface area (Å²) in [7, 11) is 0. The van der Waals surface area contributed by atoms with E-state index >= 15 is 0 Å². The highest BCUT2D eigenvalue weighted by molar-refractivity contribution is 5.65. The molecule has 0 atom stereocenters. The molecule has 2 aromatic heterocycles. The zero-order valence-electron chi connectivity index (χ0n) is 15.8. The van der Waals surface area contributed by atoms with Crippen molar-refractivity contribution in [2.75, 3.05) is 18.0 Å². The number of anilines is 1. The van der Waals surface area contributed by atoms with E-state index in [0.717, 1.165) is 72.2 Å². The van der Waals surface area contributed by atoms with Gasteiger partial charge in [0.2, 0.25) is 0 Å². The Bertz CT molecular complexity index is 841. The number of hydrogen-bond acceptors (Lipinski definition) is 4. The molecule has 1 N–H and O–H groups in total. The molecule has 0 aromatic carbocycles. The number of piperidine rings is 1. The van der Waals surface area contributed by atoms with Crippen LogP contribution in [0.1, 0.15) is 50.3 Å². The van der Waals surface area contributed by atoms with E-state index in [1.54, 1.807) is 6.26 Å². The molecule has 1 saturated heterocycles. The van der Waals surface area contributed by atoms with E-state index < -0.39 is 0 Å². The van der Waals surface area contributed by atoms with Crippen molar-refractivity contribution in [1.29, 1.82) is 5.26 Å². The molecule has 2 aliphatic rings. The minimum absolute atomic E-state index is 0.270. The van der Waals surface area contributed by atoms with Gasteiger partial charge >= 0.3 is 0 Å². The highest BCUT2D eigenvalue weighted by Crippen LogP contribution is 2.37. The number of ether oxygens (including phenoxy) is 1. The van der Waals surface area contributed by atoms with Crippen LogP contribution in [0.25, 0.3) is 11.5 Å². The van der Waals surface area contributed by atoms with Crippen LogP contribution in [0.5, 0.6) is 0 Å². The standard InChI is InChI=1S/C21H25N3O2/c1-14-6-8-24(9-7-14)20-16(12-22)15-11-21(2,3)26-13-17(15)19(23-20)18-5-4-10-25-18/h4-5,10,14H,6-9,11,13H2,1-3H3/p+1. The van der Waals surface area contributed by atoms with Crippen LogP contribution in [0.2, 0.25) is 0 Å². The average molecular weight is 352 g/mol. The summed E-state index contributed by atoms with van der Waals surface area (Å²) in [6, 6.07) is 6.33. The Labute approximate surface area is 154 Å². The second-order valence-electron chi connectivity index (χ2n) is 8.16. The van der Waals surface area contributed by atoms with Gasteiger partial charge < -0.3 is 9.15 Å². The highest BCUT2D eigenvalue weighted by atomic mass is 16.5. The van der Waals surface area contributed by atoms with Crippen molar-refractivity contribution in [1.82, 2.24) is 0 Å². The number of aromatic nitrogens is 1. The van der Waals surface area contributed by atoms with Crippen molar-refractivity contribution in [3.8, 4) is 17.5 Å². The lowest BCUT2D eigenvalue weighted by Gasteiger charge is -2.33.